The lowest BCUT2D eigenvalue weighted by atomic mass is 10.1. The van der Waals surface area contributed by atoms with Crippen LogP contribution in [-0.4, -0.2) is 25.9 Å². The Kier molecular flexibility index (Phi) is 2.94. The number of hydrogen-bond acceptors (Lipinski definition) is 5. The molecule has 2 unspecified atom stereocenters. The summed E-state index contributed by atoms with van der Waals surface area (Å²) in [5.74, 6) is 0.609. The zero-order valence-corrected chi connectivity index (χ0v) is 11.5. The molecule has 0 amide bonds. The lowest BCUT2D eigenvalue weighted by Gasteiger charge is -2.29. The van der Waals surface area contributed by atoms with Crippen molar-refractivity contribution in [1.82, 2.24) is 0 Å². The molecule has 2 fully saturated rings. The zero-order valence-electron chi connectivity index (χ0n) is 10.7. The van der Waals surface area contributed by atoms with Gasteiger partial charge < -0.3 is 4.90 Å². The number of rotatable bonds is 3. The van der Waals surface area contributed by atoms with Crippen LogP contribution in [0.4, 0.5) is 11.4 Å². The first-order chi connectivity index (χ1) is 9.34. The van der Waals surface area contributed by atoms with Gasteiger partial charge in [-0.3, -0.25) is 10.1 Å². The lowest BCUT2D eigenvalue weighted by molar-refractivity contribution is -0.385. The third-order valence-corrected chi connectivity index (χ3v) is 5.05. The standard InChI is InChI=1S/C12H15N3O4S/c13-20(18,19)12-5-10(4-11(6-12)15(16)17)14-7-8-1-2-9(14)3-8/h4-6,8-9H,1-3,7H2,(H2,13,18,19). The number of anilines is 1. The summed E-state index contributed by atoms with van der Waals surface area (Å²) in [5.41, 5.74) is 0.338. The first kappa shape index (κ1) is 13.3. The maximum Gasteiger partial charge on any atom is 0.272 e. The van der Waals surface area contributed by atoms with E-state index in [9.17, 15) is 18.5 Å². The number of nitro groups is 1. The highest BCUT2D eigenvalue weighted by Gasteiger charge is 2.38. The molecule has 0 spiro atoms. The van der Waals surface area contributed by atoms with Crippen molar-refractivity contribution in [2.24, 2.45) is 11.1 Å². The maximum absolute atomic E-state index is 11.5. The van der Waals surface area contributed by atoms with E-state index < -0.39 is 14.9 Å². The van der Waals surface area contributed by atoms with Crippen molar-refractivity contribution in [3.8, 4) is 0 Å². The normalized spacial score (nSPS) is 25.1. The van der Waals surface area contributed by atoms with E-state index in [0.29, 0.717) is 17.6 Å². The van der Waals surface area contributed by atoms with Crippen LogP contribution in [0.15, 0.2) is 23.1 Å². The summed E-state index contributed by atoms with van der Waals surface area (Å²) >= 11 is 0. The number of benzene rings is 1. The lowest BCUT2D eigenvalue weighted by Crippen LogP contribution is -2.32. The summed E-state index contributed by atoms with van der Waals surface area (Å²) in [6.45, 7) is 0.829. The van der Waals surface area contributed by atoms with Crippen molar-refractivity contribution in [3.05, 3.63) is 28.3 Å². The molecule has 2 bridgehead atoms. The van der Waals surface area contributed by atoms with Gasteiger partial charge in [0, 0.05) is 30.4 Å². The molecule has 2 atom stereocenters. The van der Waals surface area contributed by atoms with Crippen LogP contribution in [0.5, 0.6) is 0 Å². The molecular weight excluding hydrogens is 282 g/mol. The molecule has 1 aliphatic carbocycles. The van der Waals surface area contributed by atoms with E-state index in [4.69, 9.17) is 5.14 Å². The maximum atomic E-state index is 11.5. The van der Waals surface area contributed by atoms with Gasteiger partial charge in [-0.1, -0.05) is 0 Å². The Morgan fingerprint density at radius 1 is 1.30 bits per heavy atom. The second-order valence-corrected chi connectivity index (χ2v) is 7.03. The molecule has 0 aromatic heterocycles. The van der Waals surface area contributed by atoms with Crippen LogP contribution in [0, 0.1) is 16.0 Å². The molecule has 1 saturated carbocycles. The van der Waals surface area contributed by atoms with Crippen molar-refractivity contribution in [3.63, 3.8) is 0 Å². The van der Waals surface area contributed by atoms with Crippen LogP contribution in [0.3, 0.4) is 0 Å². The molecule has 1 aromatic rings. The number of primary sulfonamides is 1. The summed E-state index contributed by atoms with van der Waals surface area (Å²) < 4.78 is 22.9. The molecule has 20 heavy (non-hydrogen) atoms. The Bertz CT molecular complexity index is 673. The number of piperidine rings is 1. The van der Waals surface area contributed by atoms with Gasteiger partial charge in [-0.15, -0.1) is 0 Å². The minimum atomic E-state index is -3.95. The summed E-state index contributed by atoms with van der Waals surface area (Å²) in [4.78, 5) is 12.2. The molecule has 2 N–H and O–H groups in total. The van der Waals surface area contributed by atoms with E-state index in [1.54, 1.807) is 0 Å². The molecule has 1 aromatic carbocycles. The topological polar surface area (TPSA) is 107 Å². The monoisotopic (exact) mass is 297 g/mol. The van der Waals surface area contributed by atoms with Crippen LogP contribution >= 0.6 is 0 Å². The number of hydrogen-bond donors (Lipinski definition) is 1. The SMILES string of the molecule is NS(=O)(=O)c1cc(N2CC3CCC2C3)cc([N+](=O)[O-])c1. The van der Waals surface area contributed by atoms with Gasteiger partial charge in [-0.25, -0.2) is 13.6 Å². The summed E-state index contributed by atoms with van der Waals surface area (Å²) in [7, 11) is -3.95. The van der Waals surface area contributed by atoms with Crippen LogP contribution in [-0.2, 0) is 10.0 Å². The van der Waals surface area contributed by atoms with E-state index in [1.165, 1.54) is 18.6 Å². The average Bonchev–Trinajstić information content (AvgIpc) is 2.99. The van der Waals surface area contributed by atoms with Crippen LogP contribution in [0.25, 0.3) is 0 Å². The van der Waals surface area contributed by atoms with Crippen LogP contribution in [0.1, 0.15) is 19.3 Å². The first-order valence-corrected chi connectivity index (χ1v) is 7.98. The van der Waals surface area contributed by atoms with Crippen molar-refractivity contribution >= 4 is 21.4 Å². The predicted molar refractivity (Wildman–Crippen MR) is 72.9 cm³/mol. The van der Waals surface area contributed by atoms with E-state index in [2.05, 4.69) is 4.90 Å². The van der Waals surface area contributed by atoms with Crippen molar-refractivity contribution in [2.45, 2.75) is 30.2 Å². The van der Waals surface area contributed by atoms with Gasteiger partial charge in [0.25, 0.3) is 5.69 Å². The van der Waals surface area contributed by atoms with Gasteiger partial charge in [0.05, 0.1) is 9.82 Å². The minimum absolute atomic E-state index is 0.204. The van der Waals surface area contributed by atoms with Gasteiger partial charge in [0.1, 0.15) is 0 Å². The number of nitrogens with two attached hydrogens (primary N) is 1. The number of non-ortho nitro benzene ring substituents is 1. The van der Waals surface area contributed by atoms with E-state index >= 15 is 0 Å². The van der Waals surface area contributed by atoms with E-state index in [1.807, 2.05) is 0 Å². The number of nitro benzene ring substituents is 1. The third kappa shape index (κ3) is 2.25. The molecule has 1 saturated heterocycles. The quantitative estimate of drug-likeness (QED) is 0.667. The van der Waals surface area contributed by atoms with Gasteiger partial charge in [-0.05, 0) is 31.2 Å². The second kappa shape index (κ2) is 4.42. The molecule has 2 aliphatic rings. The molecule has 0 radical (unpaired) electrons. The smallest absolute Gasteiger partial charge is 0.272 e. The Morgan fingerprint density at radius 2 is 2.05 bits per heavy atom. The van der Waals surface area contributed by atoms with Crippen molar-refractivity contribution in [1.29, 1.82) is 0 Å². The van der Waals surface area contributed by atoms with Crippen molar-refractivity contribution in [2.75, 3.05) is 11.4 Å². The Balaban J connectivity index is 2.06. The summed E-state index contributed by atoms with van der Waals surface area (Å²) in [5, 5.41) is 16.1. The summed E-state index contributed by atoms with van der Waals surface area (Å²) in [6.07, 6.45) is 3.31. The Labute approximate surface area is 116 Å². The molecule has 1 heterocycles. The predicted octanol–water partition coefficient (Wildman–Crippen LogP) is 1.23. The number of nitrogens with zero attached hydrogens (tertiary/aromatic N) is 2. The fourth-order valence-corrected chi connectivity index (χ4v) is 3.81. The highest BCUT2D eigenvalue weighted by atomic mass is 32.2. The number of fused-ring (bicyclic) bond motifs is 2. The van der Waals surface area contributed by atoms with Crippen LogP contribution < -0.4 is 10.0 Å². The molecular formula is C12H15N3O4S. The second-order valence-electron chi connectivity index (χ2n) is 5.47. The minimum Gasteiger partial charge on any atom is -0.368 e. The molecule has 8 heteroatoms. The first-order valence-electron chi connectivity index (χ1n) is 6.43. The fourth-order valence-electron chi connectivity index (χ4n) is 3.24. The van der Waals surface area contributed by atoms with E-state index in [0.717, 1.165) is 25.5 Å². The number of sulfonamides is 1. The van der Waals surface area contributed by atoms with Crippen molar-refractivity contribution < 1.29 is 13.3 Å². The zero-order chi connectivity index (χ0) is 14.5. The van der Waals surface area contributed by atoms with Gasteiger partial charge >= 0.3 is 0 Å². The fraction of sp³-hybridized carbons (Fsp3) is 0.500. The Morgan fingerprint density at radius 3 is 2.55 bits per heavy atom. The highest BCUT2D eigenvalue weighted by molar-refractivity contribution is 7.89. The molecule has 1 aliphatic heterocycles. The van der Waals surface area contributed by atoms with E-state index in [-0.39, 0.29) is 10.6 Å². The van der Waals surface area contributed by atoms with Gasteiger partial charge in [0.15, 0.2) is 0 Å². The van der Waals surface area contributed by atoms with Crippen LogP contribution in [0.2, 0.25) is 0 Å². The Hall–Kier alpha value is -1.67. The highest BCUT2D eigenvalue weighted by Crippen LogP contribution is 2.41. The third-order valence-electron chi connectivity index (χ3n) is 4.16. The summed E-state index contributed by atoms with van der Waals surface area (Å²) in [6, 6.07) is 4.22. The largest absolute Gasteiger partial charge is 0.368 e. The molecule has 7 nitrogen and oxygen atoms in total. The molecule has 3 rings (SSSR count). The van der Waals surface area contributed by atoms with Gasteiger partial charge in [0.2, 0.25) is 10.0 Å². The molecule has 108 valence electrons. The average molecular weight is 297 g/mol. The van der Waals surface area contributed by atoms with Gasteiger partial charge in [-0.2, -0.15) is 0 Å².